The number of hydrogen-bond donors (Lipinski definition) is 2. The number of carbonyl (C=O) groups is 1. The molecule has 0 aromatic rings. The van der Waals surface area contributed by atoms with Gasteiger partial charge in [0, 0.05) is 11.6 Å². The fourth-order valence-electron chi connectivity index (χ4n) is 0.980. The molecule has 0 bridgehead atoms. The van der Waals surface area contributed by atoms with Crippen LogP contribution < -0.4 is 5.73 Å². The molecule has 3 nitrogen and oxygen atoms in total. The van der Waals surface area contributed by atoms with Gasteiger partial charge < -0.3 is 10.8 Å². The van der Waals surface area contributed by atoms with Gasteiger partial charge in [-0.3, -0.25) is 0 Å². The summed E-state index contributed by atoms with van der Waals surface area (Å²) >= 11 is 0. The van der Waals surface area contributed by atoms with Gasteiger partial charge >= 0.3 is 5.97 Å². The summed E-state index contributed by atoms with van der Waals surface area (Å²) in [6, 6.07) is 0. The van der Waals surface area contributed by atoms with Crippen molar-refractivity contribution in [1.82, 2.24) is 0 Å². The molecule has 3 N–H and O–H groups in total. The highest BCUT2D eigenvalue weighted by Crippen LogP contribution is 2.11. The SMILES string of the molecule is CC(=CC(=O)O)CC(C)(C)N. The van der Waals surface area contributed by atoms with Crippen LogP contribution in [0.4, 0.5) is 0 Å². The Morgan fingerprint density at radius 3 is 2.36 bits per heavy atom. The van der Waals surface area contributed by atoms with Gasteiger partial charge in [0.15, 0.2) is 0 Å². The predicted octanol–water partition coefficient (Wildman–Crippen LogP) is 1.14. The zero-order valence-corrected chi connectivity index (χ0v) is 7.22. The van der Waals surface area contributed by atoms with Crippen molar-refractivity contribution in [1.29, 1.82) is 0 Å². The number of aliphatic carboxylic acids is 1. The molecule has 0 amide bonds. The summed E-state index contributed by atoms with van der Waals surface area (Å²) in [5.41, 5.74) is 6.15. The third kappa shape index (κ3) is 7.06. The van der Waals surface area contributed by atoms with E-state index in [0.29, 0.717) is 6.42 Å². The fraction of sp³-hybridized carbons (Fsp3) is 0.625. The van der Waals surface area contributed by atoms with Gasteiger partial charge in [0.1, 0.15) is 0 Å². The minimum atomic E-state index is -0.910. The van der Waals surface area contributed by atoms with Crippen LogP contribution in [0.25, 0.3) is 0 Å². The van der Waals surface area contributed by atoms with Gasteiger partial charge in [-0.1, -0.05) is 5.57 Å². The lowest BCUT2D eigenvalue weighted by atomic mass is 9.97. The summed E-state index contributed by atoms with van der Waals surface area (Å²) in [6.45, 7) is 5.50. The molecule has 0 aliphatic heterocycles. The lowest BCUT2D eigenvalue weighted by molar-refractivity contribution is -0.131. The summed E-state index contributed by atoms with van der Waals surface area (Å²) in [7, 11) is 0. The number of rotatable bonds is 3. The molecule has 64 valence electrons. The summed E-state index contributed by atoms with van der Waals surface area (Å²) in [4.78, 5) is 10.2. The third-order valence-electron chi connectivity index (χ3n) is 1.10. The lowest BCUT2D eigenvalue weighted by Crippen LogP contribution is -2.31. The first-order valence-corrected chi connectivity index (χ1v) is 3.50. The highest BCUT2D eigenvalue weighted by molar-refractivity contribution is 5.80. The van der Waals surface area contributed by atoms with Crippen molar-refractivity contribution in [2.45, 2.75) is 32.7 Å². The molecule has 11 heavy (non-hydrogen) atoms. The fourth-order valence-corrected chi connectivity index (χ4v) is 0.980. The molecular formula is C8H15NO2. The van der Waals surface area contributed by atoms with Crippen LogP contribution in [0.5, 0.6) is 0 Å². The Morgan fingerprint density at radius 2 is 2.09 bits per heavy atom. The van der Waals surface area contributed by atoms with Crippen LogP contribution in [0.2, 0.25) is 0 Å². The first-order chi connectivity index (χ1) is 4.81. The minimum Gasteiger partial charge on any atom is -0.478 e. The smallest absolute Gasteiger partial charge is 0.328 e. The van der Waals surface area contributed by atoms with E-state index in [1.54, 1.807) is 6.92 Å². The van der Waals surface area contributed by atoms with E-state index in [1.165, 1.54) is 6.08 Å². The molecule has 0 rings (SSSR count). The molecule has 0 heterocycles. The molecular weight excluding hydrogens is 142 g/mol. The van der Waals surface area contributed by atoms with Crippen molar-refractivity contribution in [3.8, 4) is 0 Å². The number of carboxylic acids is 1. The van der Waals surface area contributed by atoms with Crippen LogP contribution in [-0.4, -0.2) is 16.6 Å². The number of hydrogen-bond acceptors (Lipinski definition) is 2. The molecule has 0 unspecified atom stereocenters. The third-order valence-corrected chi connectivity index (χ3v) is 1.10. The van der Waals surface area contributed by atoms with Gasteiger partial charge in [0.25, 0.3) is 0 Å². The normalized spacial score (nSPS) is 13.3. The Bertz CT molecular complexity index is 177. The highest BCUT2D eigenvalue weighted by Gasteiger charge is 2.11. The summed E-state index contributed by atoms with van der Waals surface area (Å²) in [6.07, 6.45) is 1.80. The van der Waals surface area contributed by atoms with Crippen molar-refractivity contribution >= 4 is 5.97 Å². The van der Waals surface area contributed by atoms with Crippen molar-refractivity contribution in [2.24, 2.45) is 5.73 Å². The first kappa shape index (κ1) is 10.2. The van der Waals surface area contributed by atoms with E-state index in [9.17, 15) is 4.79 Å². The van der Waals surface area contributed by atoms with E-state index >= 15 is 0 Å². The molecule has 0 saturated heterocycles. The van der Waals surface area contributed by atoms with E-state index in [1.807, 2.05) is 13.8 Å². The number of nitrogens with two attached hydrogens (primary N) is 1. The molecule has 0 aliphatic carbocycles. The maximum absolute atomic E-state index is 10.2. The minimum absolute atomic E-state index is 0.323. The van der Waals surface area contributed by atoms with E-state index in [0.717, 1.165) is 5.57 Å². The second-order valence-electron chi connectivity index (χ2n) is 3.49. The monoisotopic (exact) mass is 157 g/mol. The van der Waals surface area contributed by atoms with Gasteiger partial charge in [-0.15, -0.1) is 0 Å². The van der Waals surface area contributed by atoms with Gasteiger partial charge in [-0.05, 0) is 27.2 Å². The van der Waals surface area contributed by atoms with Crippen LogP contribution in [0.3, 0.4) is 0 Å². The van der Waals surface area contributed by atoms with Crippen molar-refractivity contribution in [2.75, 3.05) is 0 Å². The maximum Gasteiger partial charge on any atom is 0.328 e. The van der Waals surface area contributed by atoms with E-state index in [2.05, 4.69) is 0 Å². The zero-order chi connectivity index (χ0) is 9.07. The van der Waals surface area contributed by atoms with Crippen molar-refractivity contribution in [3.63, 3.8) is 0 Å². The molecule has 0 aromatic heterocycles. The second-order valence-corrected chi connectivity index (χ2v) is 3.49. The molecule has 0 aliphatic rings. The Balaban J connectivity index is 4.07. The van der Waals surface area contributed by atoms with E-state index in [-0.39, 0.29) is 5.54 Å². The van der Waals surface area contributed by atoms with Crippen LogP contribution in [0.15, 0.2) is 11.6 Å². The van der Waals surface area contributed by atoms with Gasteiger partial charge in [-0.25, -0.2) is 4.79 Å². The largest absolute Gasteiger partial charge is 0.478 e. The summed E-state index contributed by atoms with van der Waals surface area (Å²) in [5.74, 6) is -0.910. The molecule has 3 heteroatoms. The Hall–Kier alpha value is -0.830. The Labute approximate surface area is 66.9 Å². The molecule has 0 spiro atoms. The van der Waals surface area contributed by atoms with Gasteiger partial charge in [0.05, 0.1) is 0 Å². The second kappa shape index (κ2) is 3.53. The average molecular weight is 157 g/mol. The van der Waals surface area contributed by atoms with Crippen LogP contribution >= 0.6 is 0 Å². The standard InChI is InChI=1S/C8H15NO2/c1-6(4-7(10)11)5-8(2,3)9/h4H,5,9H2,1-3H3,(H,10,11). The maximum atomic E-state index is 10.2. The van der Waals surface area contributed by atoms with Crippen molar-refractivity contribution in [3.05, 3.63) is 11.6 Å². The molecule has 0 radical (unpaired) electrons. The summed E-state index contributed by atoms with van der Waals surface area (Å²) < 4.78 is 0. The molecule has 0 atom stereocenters. The average Bonchev–Trinajstić information content (AvgIpc) is 1.53. The molecule has 0 aromatic carbocycles. The Morgan fingerprint density at radius 1 is 1.64 bits per heavy atom. The van der Waals surface area contributed by atoms with Gasteiger partial charge in [0.2, 0.25) is 0 Å². The molecule has 0 saturated carbocycles. The van der Waals surface area contributed by atoms with Crippen LogP contribution in [0, 0.1) is 0 Å². The zero-order valence-electron chi connectivity index (χ0n) is 7.22. The predicted molar refractivity (Wildman–Crippen MR) is 44.3 cm³/mol. The summed E-state index contributed by atoms with van der Waals surface area (Å²) in [5, 5.41) is 8.36. The van der Waals surface area contributed by atoms with Crippen LogP contribution in [-0.2, 0) is 4.79 Å². The molecule has 0 fully saturated rings. The van der Waals surface area contributed by atoms with E-state index in [4.69, 9.17) is 10.8 Å². The van der Waals surface area contributed by atoms with Crippen LogP contribution in [0.1, 0.15) is 27.2 Å². The van der Waals surface area contributed by atoms with Gasteiger partial charge in [-0.2, -0.15) is 0 Å². The first-order valence-electron chi connectivity index (χ1n) is 3.50. The highest BCUT2D eigenvalue weighted by atomic mass is 16.4. The quantitative estimate of drug-likeness (QED) is 0.604. The number of carboxylic acid groups (broad SMARTS) is 1. The van der Waals surface area contributed by atoms with Crippen molar-refractivity contribution < 1.29 is 9.90 Å². The topological polar surface area (TPSA) is 63.3 Å². The van der Waals surface area contributed by atoms with E-state index < -0.39 is 5.97 Å². The Kier molecular flexibility index (Phi) is 3.26. The lowest BCUT2D eigenvalue weighted by Gasteiger charge is -2.17.